The average Bonchev–Trinajstić information content (AvgIpc) is 2.39. The minimum atomic E-state index is -0.209. The van der Waals surface area contributed by atoms with Crippen LogP contribution >= 0.6 is 0 Å². The molecule has 102 valence electrons. The third kappa shape index (κ3) is 3.70. The lowest BCUT2D eigenvalue weighted by atomic mass is 10.1. The first-order chi connectivity index (χ1) is 8.63. The molecular formula is C15H25FN2. The lowest BCUT2D eigenvalue weighted by Crippen LogP contribution is -2.34. The van der Waals surface area contributed by atoms with Gasteiger partial charge in [0.2, 0.25) is 0 Å². The van der Waals surface area contributed by atoms with Crippen molar-refractivity contribution >= 4 is 5.69 Å². The van der Waals surface area contributed by atoms with Crippen molar-refractivity contribution in [1.82, 2.24) is 0 Å². The molecule has 0 saturated heterocycles. The highest BCUT2D eigenvalue weighted by atomic mass is 19.1. The van der Waals surface area contributed by atoms with Gasteiger partial charge in [-0.15, -0.1) is 0 Å². The number of hydrogen-bond acceptors (Lipinski definition) is 2. The van der Waals surface area contributed by atoms with E-state index in [-0.39, 0.29) is 5.82 Å². The molecule has 0 amide bonds. The van der Waals surface area contributed by atoms with E-state index in [0.29, 0.717) is 12.6 Å². The molecule has 1 aromatic rings. The number of nitrogens with zero attached hydrogens (tertiary/aromatic N) is 1. The van der Waals surface area contributed by atoms with Crippen LogP contribution in [0.5, 0.6) is 0 Å². The van der Waals surface area contributed by atoms with Crippen LogP contribution in [0.4, 0.5) is 10.1 Å². The molecule has 1 aromatic carbocycles. The summed E-state index contributed by atoms with van der Waals surface area (Å²) in [5.74, 6) is -0.209. The Morgan fingerprint density at radius 3 is 2.61 bits per heavy atom. The maximum atomic E-state index is 13.3. The first kappa shape index (κ1) is 15.0. The van der Waals surface area contributed by atoms with Gasteiger partial charge >= 0.3 is 0 Å². The number of nitrogens with two attached hydrogens (primary N) is 1. The predicted octanol–water partition coefficient (Wildman–Crippen LogP) is 3.69. The van der Waals surface area contributed by atoms with Gasteiger partial charge in [-0.1, -0.05) is 20.3 Å². The topological polar surface area (TPSA) is 29.3 Å². The van der Waals surface area contributed by atoms with Crippen molar-refractivity contribution in [1.29, 1.82) is 0 Å². The molecule has 1 unspecified atom stereocenters. The lowest BCUT2D eigenvalue weighted by molar-refractivity contribution is 0.589. The largest absolute Gasteiger partial charge is 0.369 e. The fourth-order valence-corrected chi connectivity index (χ4v) is 2.12. The summed E-state index contributed by atoms with van der Waals surface area (Å²) in [5, 5.41) is 0. The van der Waals surface area contributed by atoms with Crippen molar-refractivity contribution < 1.29 is 4.39 Å². The lowest BCUT2D eigenvalue weighted by Gasteiger charge is -2.32. The summed E-state index contributed by atoms with van der Waals surface area (Å²) in [4.78, 5) is 2.35. The Balaban J connectivity index is 3.03. The zero-order valence-electron chi connectivity index (χ0n) is 11.7. The average molecular weight is 252 g/mol. The summed E-state index contributed by atoms with van der Waals surface area (Å²) in [6.45, 7) is 7.95. The van der Waals surface area contributed by atoms with Crippen LogP contribution in [0.1, 0.15) is 45.6 Å². The molecule has 0 spiro atoms. The number of benzene rings is 1. The van der Waals surface area contributed by atoms with Gasteiger partial charge in [0.05, 0.1) is 0 Å². The Bertz CT molecular complexity index is 366. The van der Waals surface area contributed by atoms with Crippen molar-refractivity contribution in [2.24, 2.45) is 5.73 Å². The zero-order valence-corrected chi connectivity index (χ0v) is 11.7. The van der Waals surface area contributed by atoms with E-state index in [1.54, 1.807) is 6.07 Å². The summed E-state index contributed by atoms with van der Waals surface area (Å²) < 4.78 is 13.3. The second-order valence-electron chi connectivity index (χ2n) is 4.78. The van der Waals surface area contributed by atoms with Crippen molar-refractivity contribution in [3.63, 3.8) is 0 Å². The van der Waals surface area contributed by atoms with E-state index in [0.717, 1.165) is 37.1 Å². The smallest absolute Gasteiger partial charge is 0.123 e. The summed E-state index contributed by atoms with van der Waals surface area (Å²) in [6.07, 6.45) is 3.38. The Kier molecular flexibility index (Phi) is 6.13. The van der Waals surface area contributed by atoms with Crippen LogP contribution in [-0.2, 0) is 6.54 Å². The van der Waals surface area contributed by atoms with E-state index in [2.05, 4.69) is 25.7 Å². The molecule has 0 saturated carbocycles. The molecule has 18 heavy (non-hydrogen) atoms. The molecule has 0 aliphatic heterocycles. The number of hydrogen-bond donors (Lipinski definition) is 1. The Morgan fingerprint density at radius 1 is 1.33 bits per heavy atom. The van der Waals surface area contributed by atoms with Crippen molar-refractivity contribution in [2.45, 2.75) is 52.6 Å². The number of rotatable bonds is 7. The fourth-order valence-electron chi connectivity index (χ4n) is 2.12. The number of unbranched alkanes of at least 4 members (excludes halogenated alkanes) is 1. The first-order valence-corrected chi connectivity index (χ1v) is 6.89. The Hall–Kier alpha value is -1.09. The van der Waals surface area contributed by atoms with Crippen molar-refractivity contribution in [3.8, 4) is 0 Å². The number of anilines is 1. The van der Waals surface area contributed by atoms with Gasteiger partial charge in [-0.3, -0.25) is 0 Å². The SMILES string of the molecule is CCCCN(c1ccc(F)cc1CN)C(C)CC. The van der Waals surface area contributed by atoms with E-state index >= 15 is 0 Å². The summed E-state index contributed by atoms with van der Waals surface area (Å²) in [7, 11) is 0. The quantitative estimate of drug-likeness (QED) is 0.802. The van der Waals surface area contributed by atoms with Crippen LogP contribution in [0.15, 0.2) is 18.2 Å². The minimum absolute atomic E-state index is 0.209. The first-order valence-electron chi connectivity index (χ1n) is 6.89. The summed E-state index contributed by atoms with van der Waals surface area (Å²) >= 11 is 0. The Labute approximate surface area is 110 Å². The molecule has 1 rings (SSSR count). The molecule has 2 nitrogen and oxygen atoms in total. The summed E-state index contributed by atoms with van der Waals surface area (Å²) in [5.41, 5.74) is 7.71. The van der Waals surface area contributed by atoms with Crippen molar-refractivity contribution in [3.05, 3.63) is 29.6 Å². The van der Waals surface area contributed by atoms with E-state index in [1.165, 1.54) is 6.07 Å². The van der Waals surface area contributed by atoms with Gasteiger partial charge < -0.3 is 10.6 Å². The molecule has 0 aliphatic rings. The number of halogens is 1. The van der Waals surface area contributed by atoms with Crippen LogP contribution < -0.4 is 10.6 Å². The second-order valence-corrected chi connectivity index (χ2v) is 4.78. The molecule has 0 radical (unpaired) electrons. The van der Waals surface area contributed by atoms with E-state index in [1.807, 2.05) is 6.07 Å². The third-order valence-electron chi connectivity index (χ3n) is 3.45. The highest BCUT2D eigenvalue weighted by Crippen LogP contribution is 2.25. The van der Waals surface area contributed by atoms with Crippen LogP contribution in [-0.4, -0.2) is 12.6 Å². The van der Waals surface area contributed by atoms with Gasteiger partial charge in [0, 0.05) is 24.8 Å². The van der Waals surface area contributed by atoms with E-state index in [4.69, 9.17) is 5.73 Å². The van der Waals surface area contributed by atoms with Crippen LogP contribution in [0.3, 0.4) is 0 Å². The summed E-state index contributed by atoms with van der Waals surface area (Å²) in [6, 6.07) is 5.39. The van der Waals surface area contributed by atoms with Crippen molar-refractivity contribution in [2.75, 3.05) is 11.4 Å². The minimum Gasteiger partial charge on any atom is -0.369 e. The molecule has 3 heteroatoms. The van der Waals surface area contributed by atoms with E-state index < -0.39 is 0 Å². The molecule has 1 atom stereocenters. The third-order valence-corrected chi connectivity index (χ3v) is 3.45. The molecule has 0 heterocycles. The standard InChI is InChI=1S/C15H25FN2/c1-4-6-9-18(12(3)5-2)15-8-7-14(16)10-13(15)11-17/h7-8,10,12H,4-6,9,11,17H2,1-3H3. The maximum Gasteiger partial charge on any atom is 0.123 e. The normalized spacial score (nSPS) is 12.5. The molecule has 0 bridgehead atoms. The predicted molar refractivity (Wildman–Crippen MR) is 76.3 cm³/mol. The molecule has 0 aliphatic carbocycles. The van der Waals surface area contributed by atoms with Gasteiger partial charge in [-0.25, -0.2) is 4.39 Å². The van der Waals surface area contributed by atoms with Gasteiger partial charge in [-0.2, -0.15) is 0 Å². The maximum absolute atomic E-state index is 13.3. The highest BCUT2D eigenvalue weighted by molar-refractivity contribution is 5.54. The van der Waals surface area contributed by atoms with E-state index in [9.17, 15) is 4.39 Å². The zero-order chi connectivity index (χ0) is 13.5. The second kappa shape index (κ2) is 7.37. The molecular weight excluding hydrogens is 227 g/mol. The van der Waals surface area contributed by atoms with Crippen LogP contribution in [0.2, 0.25) is 0 Å². The highest BCUT2D eigenvalue weighted by Gasteiger charge is 2.15. The molecule has 2 N–H and O–H groups in total. The van der Waals surface area contributed by atoms with Crippen LogP contribution in [0.25, 0.3) is 0 Å². The van der Waals surface area contributed by atoms with Gasteiger partial charge in [-0.05, 0) is 43.5 Å². The van der Waals surface area contributed by atoms with Crippen LogP contribution in [0, 0.1) is 5.82 Å². The molecule has 0 fully saturated rings. The Morgan fingerprint density at radius 2 is 2.06 bits per heavy atom. The molecule has 0 aromatic heterocycles. The van der Waals surface area contributed by atoms with Gasteiger partial charge in [0.15, 0.2) is 0 Å². The fraction of sp³-hybridized carbons (Fsp3) is 0.600. The van der Waals surface area contributed by atoms with Gasteiger partial charge in [0.1, 0.15) is 5.82 Å². The monoisotopic (exact) mass is 252 g/mol. The van der Waals surface area contributed by atoms with Gasteiger partial charge in [0.25, 0.3) is 0 Å².